The number of nitrogens with zero attached hydrogens (tertiary/aromatic N) is 1. The molecule has 1 atom stereocenters. The summed E-state index contributed by atoms with van der Waals surface area (Å²) in [4.78, 5) is 28.6. The molecular formula is C24H29N2O5+. The van der Waals surface area contributed by atoms with Crippen LogP contribution in [0.15, 0.2) is 48.0 Å². The number of ketones is 1. The van der Waals surface area contributed by atoms with Gasteiger partial charge in [0, 0.05) is 5.56 Å². The number of hydrogen-bond donors (Lipinski definition) is 2. The van der Waals surface area contributed by atoms with Crippen molar-refractivity contribution in [3.63, 3.8) is 0 Å². The summed E-state index contributed by atoms with van der Waals surface area (Å²) in [6.07, 6.45) is 0. The number of carbonyl (C=O) groups is 2. The van der Waals surface area contributed by atoms with Gasteiger partial charge in [0.15, 0.2) is 11.5 Å². The Morgan fingerprint density at radius 1 is 1.03 bits per heavy atom. The van der Waals surface area contributed by atoms with E-state index in [2.05, 4.69) is 0 Å². The SMILES string of the molecule is COc1ccc([C@H]2/C(=C(\O)c3ccc(C)cc3)C(=O)C(=O)N2CC[NH+](C)C)cc1OC. The van der Waals surface area contributed by atoms with Crippen LogP contribution in [0.25, 0.3) is 5.76 Å². The molecule has 0 unspecified atom stereocenters. The molecule has 31 heavy (non-hydrogen) atoms. The highest BCUT2D eigenvalue weighted by atomic mass is 16.5. The molecule has 0 aliphatic carbocycles. The lowest BCUT2D eigenvalue weighted by Gasteiger charge is -2.26. The van der Waals surface area contributed by atoms with Crippen molar-refractivity contribution in [3.8, 4) is 11.5 Å². The summed E-state index contributed by atoms with van der Waals surface area (Å²) >= 11 is 0. The number of likely N-dealkylation sites (tertiary alicyclic amines) is 1. The van der Waals surface area contributed by atoms with Gasteiger partial charge in [0.2, 0.25) is 0 Å². The zero-order chi connectivity index (χ0) is 22.7. The molecule has 1 saturated heterocycles. The molecule has 1 aliphatic rings. The van der Waals surface area contributed by atoms with E-state index in [9.17, 15) is 14.7 Å². The van der Waals surface area contributed by atoms with Crippen LogP contribution in [0.2, 0.25) is 0 Å². The van der Waals surface area contributed by atoms with Crippen LogP contribution in [0, 0.1) is 6.92 Å². The van der Waals surface area contributed by atoms with E-state index in [1.165, 1.54) is 12.0 Å². The average Bonchev–Trinajstić information content (AvgIpc) is 3.01. The molecule has 2 N–H and O–H groups in total. The quantitative estimate of drug-likeness (QED) is 0.400. The van der Waals surface area contributed by atoms with Gasteiger partial charge in [-0.2, -0.15) is 0 Å². The molecule has 3 rings (SSSR count). The minimum Gasteiger partial charge on any atom is -0.507 e. The Labute approximate surface area is 182 Å². The van der Waals surface area contributed by atoms with Crippen LogP contribution in [0.3, 0.4) is 0 Å². The molecule has 1 fully saturated rings. The van der Waals surface area contributed by atoms with E-state index >= 15 is 0 Å². The summed E-state index contributed by atoms with van der Waals surface area (Å²) in [7, 11) is 7.03. The van der Waals surface area contributed by atoms with E-state index in [4.69, 9.17) is 9.47 Å². The fraction of sp³-hybridized carbons (Fsp3) is 0.333. The van der Waals surface area contributed by atoms with Crippen LogP contribution < -0.4 is 14.4 Å². The monoisotopic (exact) mass is 425 g/mol. The number of hydrogen-bond acceptors (Lipinski definition) is 5. The van der Waals surface area contributed by atoms with Crippen molar-refractivity contribution < 1.29 is 29.1 Å². The smallest absolute Gasteiger partial charge is 0.295 e. The molecule has 7 heteroatoms. The number of nitrogens with one attached hydrogen (secondary N) is 1. The molecule has 0 saturated carbocycles. The molecule has 1 amide bonds. The number of benzene rings is 2. The number of methoxy groups -OCH3 is 2. The van der Waals surface area contributed by atoms with E-state index < -0.39 is 17.7 Å². The lowest BCUT2D eigenvalue weighted by atomic mass is 9.94. The third-order valence-electron chi connectivity index (χ3n) is 5.44. The van der Waals surface area contributed by atoms with Gasteiger partial charge in [0.25, 0.3) is 11.7 Å². The largest absolute Gasteiger partial charge is 0.507 e. The number of aliphatic hydroxyl groups excluding tert-OH is 1. The Balaban J connectivity index is 2.18. The lowest BCUT2D eigenvalue weighted by Crippen LogP contribution is -3.06. The van der Waals surface area contributed by atoms with Gasteiger partial charge in [-0.25, -0.2) is 0 Å². The number of rotatable bonds is 7. The fourth-order valence-electron chi connectivity index (χ4n) is 3.69. The van der Waals surface area contributed by atoms with Gasteiger partial charge in [-0.1, -0.05) is 35.9 Å². The van der Waals surface area contributed by atoms with Crippen LogP contribution in [0.5, 0.6) is 11.5 Å². The number of aryl methyl sites for hydroxylation is 1. The van der Waals surface area contributed by atoms with Crippen LogP contribution in [0.1, 0.15) is 22.7 Å². The Bertz CT molecular complexity index is 1010. The number of Topliss-reactive ketones (excluding diaryl/α,β-unsaturated/α-hetero) is 1. The Kier molecular flexibility index (Phi) is 6.65. The number of aliphatic hydroxyl groups is 1. The summed E-state index contributed by atoms with van der Waals surface area (Å²) in [6, 6.07) is 11.7. The highest BCUT2D eigenvalue weighted by Crippen LogP contribution is 2.41. The first-order chi connectivity index (χ1) is 14.8. The van der Waals surface area contributed by atoms with Gasteiger partial charge in [0.1, 0.15) is 5.76 Å². The second-order valence-corrected chi connectivity index (χ2v) is 7.93. The van der Waals surface area contributed by atoms with Crippen LogP contribution >= 0.6 is 0 Å². The first-order valence-corrected chi connectivity index (χ1v) is 10.1. The number of carbonyl (C=O) groups excluding carboxylic acids is 2. The summed E-state index contributed by atoms with van der Waals surface area (Å²) in [5.74, 6) is -0.460. The van der Waals surface area contributed by atoms with Crippen molar-refractivity contribution in [2.75, 3.05) is 41.4 Å². The van der Waals surface area contributed by atoms with Gasteiger partial charge < -0.3 is 24.4 Å². The average molecular weight is 426 g/mol. The van der Waals surface area contributed by atoms with E-state index in [0.717, 1.165) is 10.5 Å². The molecule has 164 valence electrons. The normalized spacial score (nSPS) is 18.0. The molecule has 1 aliphatic heterocycles. The minimum absolute atomic E-state index is 0.0785. The van der Waals surface area contributed by atoms with Crippen LogP contribution in [-0.2, 0) is 9.59 Å². The standard InChI is InChI=1S/C24H28N2O5/c1-15-6-8-16(9-7-15)22(27)20-21(17-10-11-18(30-4)19(14-17)31-5)26(13-12-25(2)3)24(29)23(20)28/h6-11,14,21,27H,12-13H2,1-5H3/p+1/b22-20+/t21-/m0/s1. The van der Waals surface area contributed by atoms with Crippen molar-refractivity contribution in [2.24, 2.45) is 0 Å². The van der Waals surface area contributed by atoms with Crippen LogP contribution in [-0.4, -0.2) is 63.1 Å². The Hall–Kier alpha value is -3.32. The van der Waals surface area contributed by atoms with Crippen LogP contribution in [0.4, 0.5) is 0 Å². The van der Waals surface area contributed by atoms with E-state index in [1.54, 1.807) is 37.4 Å². The van der Waals surface area contributed by atoms with Crippen molar-refractivity contribution in [1.29, 1.82) is 0 Å². The molecule has 2 aromatic rings. The van der Waals surface area contributed by atoms with Gasteiger partial charge in [0.05, 0.1) is 53.0 Å². The zero-order valence-corrected chi connectivity index (χ0v) is 18.6. The molecule has 0 aromatic heterocycles. The molecular weight excluding hydrogens is 396 g/mol. The molecule has 0 spiro atoms. The van der Waals surface area contributed by atoms with Crippen molar-refractivity contribution in [1.82, 2.24) is 4.90 Å². The number of quaternary nitrogens is 1. The second kappa shape index (κ2) is 9.22. The predicted octanol–water partition coefficient (Wildman–Crippen LogP) is 1.58. The van der Waals surface area contributed by atoms with Gasteiger partial charge in [-0.05, 0) is 24.6 Å². The summed E-state index contributed by atoms with van der Waals surface area (Å²) < 4.78 is 10.7. The minimum atomic E-state index is -0.722. The van der Waals surface area contributed by atoms with Crippen molar-refractivity contribution in [3.05, 3.63) is 64.7 Å². The van der Waals surface area contributed by atoms with Crippen molar-refractivity contribution in [2.45, 2.75) is 13.0 Å². The Morgan fingerprint density at radius 2 is 1.68 bits per heavy atom. The second-order valence-electron chi connectivity index (χ2n) is 7.93. The third kappa shape index (κ3) is 4.41. The first kappa shape index (κ1) is 22.4. The third-order valence-corrected chi connectivity index (χ3v) is 5.44. The predicted molar refractivity (Wildman–Crippen MR) is 117 cm³/mol. The van der Waals surface area contributed by atoms with Gasteiger partial charge in [-0.3, -0.25) is 9.59 Å². The topological polar surface area (TPSA) is 80.5 Å². The number of amides is 1. The Morgan fingerprint density at radius 3 is 2.26 bits per heavy atom. The number of ether oxygens (including phenoxy) is 2. The van der Waals surface area contributed by atoms with E-state index in [0.29, 0.717) is 35.7 Å². The van der Waals surface area contributed by atoms with E-state index in [1.807, 2.05) is 33.2 Å². The zero-order valence-electron chi connectivity index (χ0n) is 18.6. The van der Waals surface area contributed by atoms with Crippen molar-refractivity contribution >= 4 is 17.4 Å². The number of likely N-dealkylation sites (N-methyl/N-ethyl adjacent to an activating group) is 1. The van der Waals surface area contributed by atoms with Gasteiger partial charge in [-0.15, -0.1) is 0 Å². The van der Waals surface area contributed by atoms with Gasteiger partial charge >= 0.3 is 0 Å². The molecule has 0 radical (unpaired) electrons. The molecule has 1 heterocycles. The highest BCUT2D eigenvalue weighted by Gasteiger charge is 2.46. The molecule has 7 nitrogen and oxygen atoms in total. The lowest BCUT2D eigenvalue weighted by molar-refractivity contribution is -0.857. The summed E-state index contributed by atoms with van der Waals surface area (Å²) in [6.45, 7) is 2.97. The highest BCUT2D eigenvalue weighted by molar-refractivity contribution is 6.46. The summed E-state index contributed by atoms with van der Waals surface area (Å²) in [5.41, 5.74) is 2.27. The maximum atomic E-state index is 13.0. The molecule has 0 bridgehead atoms. The maximum absolute atomic E-state index is 13.0. The maximum Gasteiger partial charge on any atom is 0.295 e. The van der Waals surface area contributed by atoms with E-state index in [-0.39, 0.29) is 11.3 Å². The fourth-order valence-corrected chi connectivity index (χ4v) is 3.69. The first-order valence-electron chi connectivity index (χ1n) is 10.1. The molecule has 2 aromatic carbocycles. The summed E-state index contributed by atoms with van der Waals surface area (Å²) in [5, 5.41) is 11.1.